The summed E-state index contributed by atoms with van der Waals surface area (Å²) in [5, 5.41) is 4.87. The van der Waals surface area contributed by atoms with Crippen LogP contribution in [0.25, 0.3) is 0 Å². The number of esters is 2. The van der Waals surface area contributed by atoms with Crippen LogP contribution in [-0.2, 0) is 19.8 Å². The number of ether oxygens (including phenoxy) is 2. The van der Waals surface area contributed by atoms with Gasteiger partial charge in [-0.2, -0.15) is 0 Å². The predicted molar refractivity (Wildman–Crippen MR) is 93.0 cm³/mol. The van der Waals surface area contributed by atoms with Crippen molar-refractivity contribution >= 4 is 23.9 Å². The summed E-state index contributed by atoms with van der Waals surface area (Å²) in [6.07, 6.45) is 0. The van der Waals surface area contributed by atoms with Crippen LogP contribution < -0.4 is 10.6 Å². The Morgan fingerprint density at radius 2 is 1.19 bits per heavy atom. The molecule has 8 heteroatoms. The number of hydrogen-bond acceptors (Lipinski definition) is 6. The van der Waals surface area contributed by atoms with Crippen molar-refractivity contribution in [2.24, 2.45) is 0 Å². The number of hydrogen-bond donors (Lipinski definition) is 2. The zero-order valence-corrected chi connectivity index (χ0v) is 14.6. The molecule has 138 valence electrons. The summed E-state index contributed by atoms with van der Waals surface area (Å²) in [5.74, 6) is -1.60. The molecule has 0 unspecified atom stereocenters. The van der Waals surface area contributed by atoms with Gasteiger partial charge < -0.3 is 14.8 Å². The van der Waals surface area contributed by atoms with E-state index in [2.05, 4.69) is 20.1 Å². The van der Waals surface area contributed by atoms with E-state index in [9.17, 15) is 19.2 Å². The molecule has 1 fully saturated rings. The zero-order valence-electron chi connectivity index (χ0n) is 14.6. The molecule has 0 atom stereocenters. The molecule has 1 saturated heterocycles. The number of carbonyl (C=O) groups excluding carboxylic acids is 4. The van der Waals surface area contributed by atoms with E-state index >= 15 is 0 Å². The van der Waals surface area contributed by atoms with Gasteiger partial charge in [-0.3, -0.25) is 10.1 Å². The van der Waals surface area contributed by atoms with Gasteiger partial charge in [0.2, 0.25) is 0 Å². The van der Waals surface area contributed by atoms with Gasteiger partial charge in [-0.05, 0) is 35.4 Å². The number of methoxy groups -OCH3 is 2. The van der Waals surface area contributed by atoms with Gasteiger partial charge in [0.15, 0.2) is 5.54 Å². The van der Waals surface area contributed by atoms with Crippen molar-refractivity contribution in [1.29, 1.82) is 0 Å². The predicted octanol–water partition coefficient (Wildman–Crippen LogP) is 1.34. The molecule has 3 amide bonds. The van der Waals surface area contributed by atoms with E-state index in [1.54, 1.807) is 24.3 Å². The molecule has 0 aliphatic carbocycles. The summed E-state index contributed by atoms with van der Waals surface area (Å²) in [4.78, 5) is 47.8. The van der Waals surface area contributed by atoms with Crippen LogP contribution in [-0.4, -0.2) is 38.1 Å². The average molecular weight is 368 g/mol. The van der Waals surface area contributed by atoms with E-state index in [0.29, 0.717) is 22.3 Å². The van der Waals surface area contributed by atoms with E-state index in [0.717, 1.165) is 0 Å². The topological polar surface area (TPSA) is 111 Å². The maximum absolute atomic E-state index is 12.7. The van der Waals surface area contributed by atoms with Crippen molar-refractivity contribution in [1.82, 2.24) is 10.6 Å². The largest absolute Gasteiger partial charge is 0.465 e. The fourth-order valence-electron chi connectivity index (χ4n) is 2.98. The van der Waals surface area contributed by atoms with Crippen LogP contribution in [0, 0.1) is 0 Å². The highest BCUT2D eigenvalue weighted by atomic mass is 16.5. The molecule has 0 bridgehead atoms. The SMILES string of the molecule is COC(=O)c1ccc(C2(c3ccc(C(=O)OC)cc3)NC(=O)NC2=O)cc1. The molecule has 1 aliphatic heterocycles. The molecule has 1 aliphatic rings. The first-order valence-electron chi connectivity index (χ1n) is 7.93. The Kier molecular flexibility index (Phi) is 4.64. The first-order valence-corrected chi connectivity index (χ1v) is 7.93. The molecule has 0 radical (unpaired) electrons. The molecule has 8 nitrogen and oxygen atoms in total. The van der Waals surface area contributed by atoms with E-state index in [4.69, 9.17) is 0 Å². The third-order valence-electron chi connectivity index (χ3n) is 4.35. The summed E-state index contributed by atoms with van der Waals surface area (Å²) in [5.41, 5.74) is 0.0263. The number of imide groups is 1. The fraction of sp³-hybridized carbons (Fsp3) is 0.158. The second-order valence-electron chi connectivity index (χ2n) is 5.80. The van der Waals surface area contributed by atoms with Gasteiger partial charge in [0.05, 0.1) is 25.3 Å². The molecule has 2 N–H and O–H groups in total. The normalized spacial score (nSPS) is 14.9. The Balaban J connectivity index is 2.08. The maximum atomic E-state index is 12.7. The lowest BCUT2D eigenvalue weighted by atomic mass is 9.82. The van der Waals surface area contributed by atoms with Crippen LogP contribution in [0.1, 0.15) is 31.8 Å². The molecular formula is C19H16N2O6. The van der Waals surface area contributed by atoms with Crippen LogP contribution in [0.2, 0.25) is 0 Å². The van der Waals surface area contributed by atoms with E-state index in [-0.39, 0.29) is 0 Å². The summed E-state index contributed by atoms with van der Waals surface area (Å²) >= 11 is 0. The lowest BCUT2D eigenvalue weighted by molar-refractivity contribution is -0.122. The minimum Gasteiger partial charge on any atom is -0.465 e. The van der Waals surface area contributed by atoms with Crippen LogP contribution in [0.3, 0.4) is 0 Å². The molecule has 0 spiro atoms. The van der Waals surface area contributed by atoms with Crippen LogP contribution >= 0.6 is 0 Å². The fourth-order valence-corrected chi connectivity index (χ4v) is 2.98. The van der Waals surface area contributed by atoms with Gasteiger partial charge in [-0.15, -0.1) is 0 Å². The maximum Gasteiger partial charge on any atom is 0.337 e. The lowest BCUT2D eigenvalue weighted by Gasteiger charge is -2.27. The summed E-state index contributed by atoms with van der Waals surface area (Å²) in [7, 11) is 2.54. The molecular weight excluding hydrogens is 352 g/mol. The Morgan fingerprint density at radius 1 is 0.778 bits per heavy atom. The highest BCUT2D eigenvalue weighted by molar-refractivity contribution is 6.09. The van der Waals surface area contributed by atoms with Crippen molar-refractivity contribution in [2.45, 2.75) is 5.54 Å². The smallest absolute Gasteiger partial charge is 0.337 e. The molecule has 27 heavy (non-hydrogen) atoms. The summed E-state index contributed by atoms with van der Waals surface area (Å²) < 4.78 is 9.33. The quantitative estimate of drug-likeness (QED) is 0.622. The number of urea groups is 1. The van der Waals surface area contributed by atoms with E-state index < -0.39 is 29.4 Å². The minimum absolute atomic E-state index is 0.308. The van der Waals surface area contributed by atoms with Crippen molar-refractivity contribution in [2.75, 3.05) is 14.2 Å². The van der Waals surface area contributed by atoms with Crippen LogP contribution in [0.5, 0.6) is 0 Å². The number of amides is 3. The summed E-state index contributed by atoms with van der Waals surface area (Å²) in [6.45, 7) is 0. The standard InChI is InChI=1S/C19H16N2O6/c1-26-15(22)11-3-7-13(8-4-11)19(17(24)20-18(25)21-19)14-9-5-12(6-10-14)16(23)27-2/h3-10H,1-2H3,(H2,20,21,24,25). The molecule has 2 aromatic rings. The number of rotatable bonds is 4. The molecule has 3 rings (SSSR count). The van der Waals surface area contributed by atoms with Gasteiger partial charge in [0, 0.05) is 0 Å². The first kappa shape index (κ1) is 18.1. The third kappa shape index (κ3) is 3.01. The van der Waals surface area contributed by atoms with Gasteiger partial charge in [-0.1, -0.05) is 24.3 Å². The number of nitrogens with one attached hydrogen (secondary N) is 2. The second kappa shape index (κ2) is 6.91. The van der Waals surface area contributed by atoms with Gasteiger partial charge in [0.25, 0.3) is 5.91 Å². The van der Waals surface area contributed by atoms with Crippen molar-refractivity contribution in [3.05, 3.63) is 70.8 Å². The Hall–Kier alpha value is -3.68. The van der Waals surface area contributed by atoms with Gasteiger partial charge >= 0.3 is 18.0 Å². The van der Waals surface area contributed by atoms with E-state index in [1.807, 2.05) is 0 Å². The Labute approximate surface area is 154 Å². The monoisotopic (exact) mass is 368 g/mol. The Bertz CT molecular complexity index is 859. The summed E-state index contributed by atoms with van der Waals surface area (Å²) in [6, 6.07) is 11.6. The number of benzene rings is 2. The molecule has 0 aromatic heterocycles. The second-order valence-corrected chi connectivity index (χ2v) is 5.80. The van der Waals surface area contributed by atoms with Crippen molar-refractivity contribution < 1.29 is 28.7 Å². The highest BCUT2D eigenvalue weighted by Gasteiger charge is 2.49. The lowest BCUT2D eigenvalue weighted by Crippen LogP contribution is -2.44. The van der Waals surface area contributed by atoms with Gasteiger partial charge in [-0.25, -0.2) is 14.4 Å². The van der Waals surface area contributed by atoms with Gasteiger partial charge in [0.1, 0.15) is 0 Å². The molecule has 2 aromatic carbocycles. The zero-order chi connectivity index (χ0) is 19.6. The molecule has 1 heterocycles. The Morgan fingerprint density at radius 3 is 1.48 bits per heavy atom. The highest BCUT2D eigenvalue weighted by Crippen LogP contribution is 2.33. The van der Waals surface area contributed by atoms with Crippen molar-refractivity contribution in [3.63, 3.8) is 0 Å². The van der Waals surface area contributed by atoms with Crippen molar-refractivity contribution in [3.8, 4) is 0 Å². The average Bonchev–Trinajstić information content (AvgIpc) is 3.01. The minimum atomic E-state index is -1.49. The van der Waals surface area contributed by atoms with Crippen LogP contribution in [0.15, 0.2) is 48.5 Å². The first-order chi connectivity index (χ1) is 12.9. The number of carbonyl (C=O) groups is 4. The third-order valence-corrected chi connectivity index (χ3v) is 4.35. The van der Waals surface area contributed by atoms with E-state index in [1.165, 1.54) is 38.5 Å². The van der Waals surface area contributed by atoms with Crippen LogP contribution in [0.4, 0.5) is 4.79 Å². The molecule has 0 saturated carbocycles.